The number of H-pyrrole nitrogens is 1. The van der Waals surface area contributed by atoms with Gasteiger partial charge in [0.1, 0.15) is 5.69 Å². The lowest BCUT2D eigenvalue weighted by atomic mass is 10.1. The first-order valence-corrected chi connectivity index (χ1v) is 10.5. The third-order valence-corrected chi connectivity index (χ3v) is 5.32. The monoisotopic (exact) mass is 435 g/mol. The van der Waals surface area contributed by atoms with E-state index in [2.05, 4.69) is 20.1 Å². The summed E-state index contributed by atoms with van der Waals surface area (Å²) in [6, 6.07) is 21.4. The average molecular weight is 435 g/mol. The highest BCUT2D eigenvalue weighted by molar-refractivity contribution is 5.89. The third-order valence-electron chi connectivity index (χ3n) is 5.32. The van der Waals surface area contributed by atoms with Gasteiger partial charge in [0, 0.05) is 18.0 Å². The minimum absolute atomic E-state index is 0.351. The summed E-state index contributed by atoms with van der Waals surface area (Å²) in [6.07, 6.45) is 7.38. The number of nitrogens with one attached hydrogen (secondary N) is 1. The van der Waals surface area contributed by atoms with Gasteiger partial charge in [0.25, 0.3) is 0 Å². The van der Waals surface area contributed by atoms with Gasteiger partial charge in [-0.15, -0.1) is 0 Å². The topological polar surface area (TPSA) is 85.7 Å². The molecule has 0 aliphatic heterocycles. The normalized spacial score (nSPS) is 10.8. The zero-order valence-corrected chi connectivity index (χ0v) is 18.0. The fourth-order valence-electron chi connectivity index (χ4n) is 3.66. The molecule has 5 aromatic rings. The van der Waals surface area contributed by atoms with Crippen molar-refractivity contribution in [3.8, 4) is 33.9 Å². The Morgan fingerprint density at radius 2 is 1.82 bits per heavy atom. The second-order valence-electron chi connectivity index (χ2n) is 7.56. The molecular weight excluding hydrogens is 414 g/mol. The van der Waals surface area contributed by atoms with Crippen molar-refractivity contribution in [2.24, 2.45) is 0 Å². The van der Waals surface area contributed by atoms with Crippen molar-refractivity contribution in [2.75, 3.05) is 7.11 Å². The number of ether oxygens (including phenoxy) is 1. The molecule has 162 valence electrons. The first kappa shape index (κ1) is 20.4. The van der Waals surface area contributed by atoms with Crippen molar-refractivity contribution < 1.29 is 9.53 Å². The second-order valence-corrected chi connectivity index (χ2v) is 7.56. The first-order chi connectivity index (χ1) is 16.2. The van der Waals surface area contributed by atoms with E-state index >= 15 is 0 Å². The molecule has 0 saturated carbocycles. The number of carbonyl (C=O) groups is 1. The van der Waals surface area contributed by atoms with Crippen molar-refractivity contribution in [3.63, 3.8) is 0 Å². The molecule has 0 radical (unpaired) electrons. The summed E-state index contributed by atoms with van der Waals surface area (Å²) in [5.41, 5.74) is 6.23. The van der Waals surface area contributed by atoms with Crippen molar-refractivity contribution in [1.29, 1.82) is 0 Å². The third kappa shape index (κ3) is 4.43. The summed E-state index contributed by atoms with van der Waals surface area (Å²) < 4.78 is 6.64. The van der Waals surface area contributed by atoms with Gasteiger partial charge in [-0.2, -0.15) is 5.10 Å². The van der Waals surface area contributed by atoms with Crippen LogP contribution in [0.15, 0.2) is 91.5 Å². The minimum atomic E-state index is -0.351. The van der Waals surface area contributed by atoms with Gasteiger partial charge in [0.05, 0.1) is 37.3 Å². The van der Waals surface area contributed by atoms with Crippen LogP contribution in [-0.2, 0) is 11.3 Å². The predicted molar refractivity (Wildman–Crippen MR) is 125 cm³/mol. The van der Waals surface area contributed by atoms with Crippen LogP contribution >= 0.6 is 0 Å². The summed E-state index contributed by atoms with van der Waals surface area (Å²) in [5, 5.41) is 4.49. The Bertz CT molecular complexity index is 1410. The molecule has 33 heavy (non-hydrogen) atoms. The maximum absolute atomic E-state index is 11.8. The number of hydrogen-bond acceptors (Lipinski definition) is 5. The van der Waals surface area contributed by atoms with E-state index in [1.807, 2.05) is 83.9 Å². The molecular formula is C26H21N5O2. The average Bonchev–Trinajstić information content (AvgIpc) is 3.55. The number of benzene rings is 2. The summed E-state index contributed by atoms with van der Waals surface area (Å²) in [6.45, 7) is 0.543. The Morgan fingerprint density at radius 1 is 0.939 bits per heavy atom. The van der Waals surface area contributed by atoms with E-state index in [-0.39, 0.29) is 5.97 Å². The van der Waals surface area contributed by atoms with Crippen molar-refractivity contribution >= 4 is 5.97 Å². The number of imidazole rings is 1. The maximum atomic E-state index is 11.8. The van der Waals surface area contributed by atoms with Gasteiger partial charge in [-0.25, -0.2) is 9.78 Å². The molecule has 0 aliphatic carbocycles. The van der Waals surface area contributed by atoms with Crippen LogP contribution in [0.1, 0.15) is 15.9 Å². The number of esters is 1. The number of methoxy groups -OCH3 is 1. The highest BCUT2D eigenvalue weighted by Crippen LogP contribution is 2.25. The molecule has 0 saturated heterocycles. The molecule has 0 amide bonds. The molecule has 7 nitrogen and oxygen atoms in total. The standard InChI is InChI=1S/C26H21N5O2/c1-33-26(32)21-9-5-6-18(12-21)16-31-17-22(14-29-31)20-10-11-27-23(13-20)25-28-15-24(30-25)19-7-3-2-4-8-19/h2-15,17H,16H2,1H3,(H,28,30). The molecule has 3 aromatic heterocycles. The van der Waals surface area contributed by atoms with Crippen LogP contribution in [0.3, 0.4) is 0 Å². The van der Waals surface area contributed by atoms with Gasteiger partial charge in [-0.3, -0.25) is 9.67 Å². The maximum Gasteiger partial charge on any atom is 0.337 e. The lowest BCUT2D eigenvalue weighted by Crippen LogP contribution is -2.04. The highest BCUT2D eigenvalue weighted by Gasteiger charge is 2.10. The number of hydrogen-bond donors (Lipinski definition) is 1. The van der Waals surface area contributed by atoms with E-state index in [0.717, 1.165) is 33.6 Å². The highest BCUT2D eigenvalue weighted by atomic mass is 16.5. The van der Waals surface area contributed by atoms with Crippen LogP contribution in [-0.4, -0.2) is 37.8 Å². The molecule has 0 bridgehead atoms. The first-order valence-electron chi connectivity index (χ1n) is 10.5. The van der Waals surface area contributed by atoms with E-state index in [9.17, 15) is 4.79 Å². The summed E-state index contributed by atoms with van der Waals surface area (Å²) in [5.74, 6) is 0.360. The van der Waals surface area contributed by atoms with Crippen molar-refractivity contribution in [2.45, 2.75) is 6.54 Å². The Hall–Kier alpha value is -4.52. The van der Waals surface area contributed by atoms with Crippen molar-refractivity contribution in [3.05, 3.63) is 103 Å². The smallest absolute Gasteiger partial charge is 0.337 e. The van der Waals surface area contributed by atoms with E-state index in [4.69, 9.17) is 4.74 Å². The quantitative estimate of drug-likeness (QED) is 0.386. The molecule has 0 fully saturated rings. The Labute approximate surface area is 190 Å². The summed E-state index contributed by atoms with van der Waals surface area (Å²) in [7, 11) is 1.38. The summed E-state index contributed by atoms with van der Waals surface area (Å²) >= 11 is 0. The van der Waals surface area contributed by atoms with E-state index in [1.165, 1.54) is 7.11 Å². The van der Waals surface area contributed by atoms with Crippen LogP contribution in [0.4, 0.5) is 0 Å². The van der Waals surface area contributed by atoms with E-state index < -0.39 is 0 Å². The van der Waals surface area contributed by atoms with Crippen LogP contribution in [0.2, 0.25) is 0 Å². The molecule has 0 aliphatic rings. The fraction of sp³-hybridized carbons (Fsp3) is 0.0769. The molecule has 1 N–H and O–H groups in total. The summed E-state index contributed by atoms with van der Waals surface area (Å²) in [4.78, 5) is 24.1. The van der Waals surface area contributed by atoms with Gasteiger partial charge in [-0.1, -0.05) is 42.5 Å². The van der Waals surface area contributed by atoms with Gasteiger partial charge < -0.3 is 9.72 Å². The molecule has 7 heteroatoms. The zero-order chi connectivity index (χ0) is 22.6. The second kappa shape index (κ2) is 8.92. The molecule has 0 atom stereocenters. The van der Waals surface area contributed by atoms with Crippen LogP contribution in [0.5, 0.6) is 0 Å². The van der Waals surface area contributed by atoms with Gasteiger partial charge in [0.2, 0.25) is 0 Å². The fourth-order valence-corrected chi connectivity index (χ4v) is 3.66. The Morgan fingerprint density at radius 3 is 2.67 bits per heavy atom. The van der Waals surface area contributed by atoms with Gasteiger partial charge >= 0.3 is 5.97 Å². The lowest BCUT2D eigenvalue weighted by Gasteiger charge is -2.04. The molecule has 3 heterocycles. The number of aromatic amines is 1. The van der Waals surface area contributed by atoms with Crippen LogP contribution in [0, 0.1) is 0 Å². The van der Waals surface area contributed by atoms with Crippen LogP contribution < -0.4 is 0 Å². The lowest BCUT2D eigenvalue weighted by molar-refractivity contribution is 0.0600. The molecule has 2 aromatic carbocycles. The van der Waals surface area contributed by atoms with Gasteiger partial charge in [0.15, 0.2) is 5.82 Å². The SMILES string of the molecule is COC(=O)c1cccc(Cn2cc(-c3ccnc(-c4ncc(-c5ccccc5)[nH]4)c3)cn2)c1. The largest absolute Gasteiger partial charge is 0.465 e. The Kier molecular flexibility index (Phi) is 5.51. The van der Waals surface area contributed by atoms with Crippen LogP contribution in [0.25, 0.3) is 33.9 Å². The van der Waals surface area contributed by atoms with E-state index in [0.29, 0.717) is 17.9 Å². The molecule has 0 spiro atoms. The number of carbonyl (C=O) groups excluding carboxylic acids is 1. The number of aromatic nitrogens is 5. The molecule has 0 unspecified atom stereocenters. The predicted octanol–water partition coefficient (Wildman–Crippen LogP) is 4.84. The number of rotatable bonds is 6. The van der Waals surface area contributed by atoms with E-state index in [1.54, 1.807) is 12.3 Å². The zero-order valence-electron chi connectivity index (χ0n) is 18.0. The number of nitrogens with zero attached hydrogens (tertiary/aromatic N) is 4. The van der Waals surface area contributed by atoms with Gasteiger partial charge in [-0.05, 0) is 41.0 Å². The number of pyridine rings is 1. The Balaban J connectivity index is 1.36. The van der Waals surface area contributed by atoms with Crippen molar-refractivity contribution in [1.82, 2.24) is 24.7 Å². The minimum Gasteiger partial charge on any atom is -0.465 e. The molecule has 5 rings (SSSR count).